The van der Waals surface area contributed by atoms with Crippen molar-refractivity contribution in [3.63, 3.8) is 0 Å². The first kappa shape index (κ1) is 53.7. The Hall–Kier alpha value is -11.0. The standard InChI is InChI=1S/C85H64N2O/c1-3-59-26-30-63(31-27-59)66-34-35-68-55-76(48-40-67(68)54-66)88-53-17-16-52-85(71-20-10-6-11-21-71)81-25-15-14-24-77(81)78-49-47-75(58-82(78)85)86(73-43-36-62(37-44-73)61-18-8-5-9-19-61)74-45-38-65(39-46-74)70-42-51-84-80(57-70)79-56-69(64-32-28-60(4-2)29-33-64)41-50-83(79)87(84)72-22-12-7-13-23-72/h3-15,18-51,54-58H,1-2,16-17,52-53H2. The number of aromatic nitrogens is 1. The first-order chi connectivity index (χ1) is 43.5. The van der Waals surface area contributed by atoms with E-state index in [1.807, 2.05) is 12.2 Å². The molecule has 0 N–H and O–H groups in total. The van der Waals surface area contributed by atoms with Crippen molar-refractivity contribution in [1.29, 1.82) is 0 Å². The van der Waals surface area contributed by atoms with E-state index in [-0.39, 0.29) is 0 Å². The monoisotopic (exact) mass is 1130 g/mol. The molecule has 1 aromatic heterocycles. The second-order valence-electron chi connectivity index (χ2n) is 23.2. The summed E-state index contributed by atoms with van der Waals surface area (Å²) in [6.07, 6.45) is 6.56. The number of fused-ring (bicyclic) bond motifs is 7. The molecule has 1 heterocycles. The molecule has 0 saturated heterocycles. The SMILES string of the molecule is C=Cc1ccc(-c2ccc3cc(OCCCCC4(c5ccccc5)c5ccccc5-c5ccc(N(c6ccc(-c7ccccc7)cc6)c6ccc(-c7ccc8c(c7)c7cc(-c9ccc(C=C)cc9)ccc7n8-c7ccccc7)cc6)cc54)ccc3c2)cc1. The first-order valence-electron chi connectivity index (χ1n) is 30.6. The molecule has 0 fully saturated rings. The lowest BCUT2D eigenvalue weighted by molar-refractivity contribution is 0.301. The summed E-state index contributed by atoms with van der Waals surface area (Å²) in [4.78, 5) is 2.44. The van der Waals surface area contributed by atoms with E-state index in [1.54, 1.807) is 0 Å². The zero-order valence-corrected chi connectivity index (χ0v) is 49.1. The quantitative estimate of drug-likeness (QED) is 0.0846. The lowest BCUT2D eigenvalue weighted by atomic mass is 9.69. The molecule has 0 spiro atoms. The Morgan fingerprint density at radius 3 is 1.44 bits per heavy atom. The molecular formula is C85H64N2O. The molecular weight excluding hydrogens is 1060 g/mol. The van der Waals surface area contributed by atoms with Gasteiger partial charge in [0.2, 0.25) is 0 Å². The average molecular weight is 1130 g/mol. The van der Waals surface area contributed by atoms with Crippen LogP contribution in [0.2, 0.25) is 0 Å². The van der Waals surface area contributed by atoms with E-state index in [1.165, 1.54) is 93.8 Å². The summed E-state index contributed by atoms with van der Waals surface area (Å²) in [5, 5.41) is 4.79. The highest BCUT2D eigenvalue weighted by Crippen LogP contribution is 2.56. The molecule has 0 amide bonds. The van der Waals surface area contributed by atoms with Crippen LogP contribution in [-0.4, -0.2) is 11.2 Å². The van der Waals surface area contributed by atoms with Gasteiger partial charge in [-0.2, -0.15) is 0 Å². The van der Waals surface area contributed by atoms with Crippen molar-refractivity contribution in [3.05, 3.63) is 344 Å². The van der Waals surface area contributed by atoms with Gasteiger partial charge in [-0.15, -0.1) is 0 Å². The molecule has 1 unspecified atom stereocenters. The smallest absolute Gasteiger partial charge is 0.119 e. The van der Waals surface area contributed by atoms with Gasteiger partial charge in [-0.25, -0.2) is 0 Å². The minimum absolute atomic E-state index is 0.401. The van der Waals surface area contributed by atoms with Gasteiger partial charge in [0.15, 0.2) is 0 Å². The lowest BCUT2D eigenvalue weighted by Crippen LogP contribution is -2.27. The van der Waals surface area contributed by atoms with Crippen molar-refractivity contribution < 1.29 is 4.74 Å². The van der Waals surface area contributed by atoms with Gasteiger partial charge in [0.25, 0.3) is 0 Å². The van der Waals surface area contributed by atoms with Crippen LogP contribution in [0.25, 0.3) is 106 Å². The molecule has 1 atom stereocenters. The zero-order valence-electron chi connectivity index (χ0n) is 49.1. The van der Waals surface area contributed by atoms with Crippen LogP contribution in [0.15, 0.2) is 316 Å². The van der Waals surface area contributed by atoms with Crippen LogP contribution in [0, 0.1) is 0 Å². The predicted molar refractivity (Wildman–Crippen MR) is 372 cm³/mol. The summed E-state index contributed by atoms with van der Waals surface area (Å²) < 4.78 is 8.97. The predicted octanol–water partition coefficient (Wildman–Crippen LogP) is 22.9. The lowest BCUT2D eigenvalue weighted by Gasteiger charge is -2.34. The van der Waals surface area contributed by atoms with Crippen molar-refractivity contribution in [1.82, 2.24) is 4.57 Å². The van der Waals surface area contributed by atoms with Gasteiger partial charge in [0.05, 0.1) is 17.6 Å². The Kier molecular flexibility index (Phi) is 14.1. The highest BCUT2D eigenvalue weighted by molar-refractivity contribution is 6.12. The molecule has 0 aliphatic heterocycles. The third-order valence-corrected chi connectivity index (χ3v) is 18.1. The molecule has 15 rings (SSSR count). The Balaban J connectivity index is 0.774. The Morgan fingerprint density at radius 1 is 0.364 bits per heavy atom. The third kappa shape index (κ3) is 9.87. The van der Waals surface area contributed by atoms with Crippen molar-refractivity contribution >= 4 is 61.8 Å². The van der Waals surface area contributed by atoms with E-state index in [0.29, 0.717) is 6.61 Å². The number of para-hydroxylation sites is 1. The van der Waals surface area contributed by atoms with Crippen LogP contribution in [0.3, 0.4) is 0 Å². The summed E-state index contributed by atoms with van der Waals surface area (Å²) in [6.45, 7) is 8.52. The molecule has 0 bridgehead atoms. The topological polar surface area (TPSA) is 17.4 Å². The molecule has 13 aromatic carbocycles. The van der Waals surface area contributed by atoms with Gasteiger partial charge in [-0.05, 0) is 204 Å². The maximum Gasteiger partial charge on any atom is 0.119 e. The molecule has 0 saturated carbocycles. The highest BCUT2D eigenvalue weighted by Gasteiger charge is 2.44. The Labute approximate surface area is 515 Å². The normalized spacial score (nSPS) is 13.3. The molecule has 3 heteroatoms. The van der Waals surface area contributed by atoms with Crippen molar-refractivity contribution in [3.8, 4) is 67.1 Å². The van der Waals surface area contributed by atoms with Gasteiger partial charge in [-0.3, -0.25) is 0 Å². The van der Waals surface area contributed by atoms with E-state index < -0.39 is 5.41 Å². The minimum Gasteiger partial charge on any atom is -0.494 e. The maximum atomic E-state index is 6.58. The number of rotatable bonds is 17. The fourth-order valence-corrected chi connectivity index (χ4v) is 13.7. The van der Waals surface area contributed by atoms with Gasteiger partial charge in [0.1, 0.15) is 5.75 Å². The molecule has 14 aromatic rings. The summed E-state index contributed by atoms with van der Waals surface area (Å²) in [7, 11) is 0. The largest absolute Gasteiger partial charge is 0.494 e. The zero-order chi connectivity index (χ0) is 59.0. The Bertz CT molecular complexity index is 4870. The minimum atomic E-state index is -0.401. The van der Waals surface area contributed by atoms with Crippen molar-refractivity contribution in [2.24, 2.45) is 0 Å². The highest BCUT2D eigenvalue weighted by atomic mass is 16.5. The van der Waals surface area contributed by atoms with Crippen LogP contribution < -0.4 is 9.64 Å². The number of hydrogen-bond donors (Lipinski definition) is 0. The van der Waals surface area contributed by atoms with Gasteiger partial charge in [-0.1, -0.05) is 238 Å². The van der Waals surface area contributed by atoms with E-state index in [2.05, 4.69) is 326 Å². The maximum absolute atomic E-state index is 6.58. The summed E-state index contributed by atoms with van der Waals surface area (Å²) in [5.41, 5.74) is 24.6. The number of benzene rings is 13. The Morgan fingerprint density at radius 2 is 0.830 bits per heavy atom. The fourth-order valence-electron chi connectivity index (χ4n) is 13.7. The fraction of sp³-hybridized carbons (Fsp3) is 0.0588. The van der Waals surface area contributed by atoms with Crippen LogP contribution in [0.4, 0.5) is 17.1 Å². The summed E-state index contributed by atoms with van der Waals surface area (Å²) >= 11 is 0. The first-order valence-corrected chi connectivity index (χ1v) is 30.6. The molecule has 420 valence electrons. The number of nitrogens with zero attached hydrogens (tertiary/aromatic N) is 2. The van der Waals surface area contributed by atoms with Crippen LogP contribution in [-0.2, 0) is 5.41 Å². The second kappa shape index (κ2) is 23.1. The molecule has 3 nitrogen and oxygen atoms in total. The number of ether oxygens (including phenoxy) is 1. The molecule has 0 radical (unpaired) electrons. The average Bonchev–Trinajstić information content (AvgIpc) is 1.58. The van der Waals surface area contributed by atoms with Crippen molar-refractivity contribution in [2.45, 2.75) is 24.7 Å². The second-order valence-corrected chi connectivity index (χ2v) is 23.2. The van der Waals surface area contributed by atoms with Gasteiger partial charge in [0, 0.05) is 38.9 Å². The molecule has 1 aliphatic carbocycles. The van der Waals surface area contributed by atoms with Crippen LogP contribution in [0.1, 0.15) is 47.1 Å². The summed E-state index contributed by atoms with van der Waals surface area (Å²) in [6, 6.07) is 111. The number of hydrogen-bond acceptors (Lipinski definition) is 2. The van der Waals surface area contributed by atoms with Gasteiger partial charge >= 0.3 is 0 Å². The molecule has 88 heavy (non-hydrogen) atoms. The van der Waals surface area contributed by atoms with Gasteiger partial charge < -0.3 is 14.2 Å². The number of anilines is 3. The number of unbranched alkanes of at least 4 members (excludes halogenated alkanes) is 1. The van der Waals surface area contributed by atoms with Crippen molar-refractivity contribution in [2.75, 3.05) is 11.5 Å². The molecule has 1 aliphatic rings. The van der Waals surface area contributed by atoms with Crippen LogP contribution in [0.5, 0.6) is 5.75 Å². The third-order valence-electron chi connectivity index (χ3n) is 18.1. The van der Waals surface area contributed by atoms with E-state index in [4.69, 9.17) is 4.74 Å². The summed E-state index contributed by atoms with van der Waals surface area (Å²) in [5.74, 6) is 0.897. The van der Waals surface area contributed by atoms with Crippen LogP contribution >= 0.6 is 0 Å². The van der Waals surface area contributed by atoms with E-state index in [0.717, 1.165) is 70.0 Å². The van der Waals surface area contributed by atoms with E-state index >= 15 is 0 Å². The van der Waals surface area contributed by atoms with E-state index in [9.17, 15) is 0 Å².